The van der Waals surface area contributed by atoms with E-state index in [2.05, 4.69) is 4.90 Å². The molecule has 2 rings (SSSR count). The van der Waals surface area contributed by atoms with Crippen molar-refractivity contribution in [3.05, 3.63) is 0 Å². The van der Waals surface area contributed by atoms with Gasteiger partial charge in [-0.2, -0.15) is 0 Å². The van der Waals surface area contributed by atoms with Gasteiger partial charge in [0.15, 0.2) is 0 Å². The summed E-state index contributed by atoms with van der Waals surface area (Å²) in [5.41, 5.74) is 11.4. The molecule has 4 heteroatoms. The smallest absolute Gasteiger partial charge is 0.231 e. The summed E-state index contributed by atoms with van der Waals surface area (Å²) in [6, 6.07) is 1.05. The van der Waals surface area contributed by atoms with Crippen LogP contribution in [0.3, 0.4) is 0 Å². The molecule has 0 aromatic carbocycles. The minimum Gasteiger partial charge on any atom is -0.369 e. The molecule has 2 aliphatic rings. The monoisotopic (exact) mass is 253 g/mol. The Bertz CT molecular complexity index is 276. The van der Waals surface area contributed by atoms with Gasteiger partial charge in [0.25, 0.3) is 0 Å². The van der Waals surface area contributed by atoms with E-state index in [0.717, 1.165) is 6.54 Å². The molecule has 0 saturated heterocycles. The van der Waals surface area contributed by atoms with Gasteiger partial charge in [-0.05, 0) is 38.1 Å². The molecule has 104 valence electrons. The van der Waals surface area contributed by atoms with Crippen LogP contribution in [0.15, 0.2) is 0 Å². The standard InChI is InChI=1S/C14H27N3O/c15-9-11-5-1-4-8-13(11)17(10-14(16)18)12-6-2-3-7-12/h11-13H,1-10,15H2,(H2,16,18). The van der Waals surface area contributed by atoms with Crippen LogP contribution < -0.4 is 11.5 Å². The molecule has 2 unspecified atom stereocenters. The van der Waals surface area contributed by atoms with Crippen LogP contribution >= 0.6 is 0 Å². The molecule has 18 heavy (non-hydrogen) atoms. The van der Waals surface area contributed by atoms with Crippen molar-refractivity contribution < 1.29 is 4.79 Å². The van der Waals surface area contributed by atoms with Crippen molar-refractivity contribution in [2.75, 3.05) is 13.1 Å². The lowest BCUT2D eigenvalue weighted by atomic mass is 9.82. The van der Waals surface area contributed by atoms with Gasteiger partial charge in [0.1, 0.15) is 0 Å². The SMILES string of the molecule is NCC1CCCCC1N(CC(N)=O)C1CCCC1. The van der Waals surface area contributed by atoms with Crippen molar-refractivity contribution in [2.24, 2.45) is 17.4 Å². The largest absolute Gasteiger partial charge is 0.369 e. The summed E-state index contributed by atoms with van der Waals surface area (Å²) in [6.07, 6.45) is 9.98. The van der Waals surface area contributed by atoms with E-state index in [0.29, 0.717) is 24.5 Å². The Labute approximate surface area is 110 Å². The summed E-state index contributed by atoms with van der Waals surface area (Å²) in [6.45, 7) is 1.17. The van der Waals surface area contributed by atoms with Crippen molar-refractivity contribution in [3.63, 3.8) is 0 Å². The van der Waals surface area contributed by atoms with Crippen LogP contribution in [0.5, 0.6) is 0 Å². The zero-order valence-corrected chi connectivity index (χ0v) is 11.3. The molecule has 2 atom stereocenters. The third-order valence-electron chi connectivity index (χ3n) is 4.73. The Morgan fingerprint density at radius 3 is 2.28 bits per heavy atom. The summed E-state index contributed by atoms with van der Waals surface area (Å²) in [4.78, 5) is 13.7. The van der Waals surface area contributed by atoms with Crippen LogP contribution in [0.2, 0.25) is 0 Å². The fourth-order valence-electron chi connectivity index (χ4n) is 3.83. The average molecular weight is 253 g/mol. The summed E-state index contributed by atoms with van der Waals surface area (Å²) < 4.78 is 0. The maximum absolute atomic E-state index is 11.4. The van der Waals surface area contributed by atoms with E-state index < -0.39 is 0 Å². The van der Waals surface area contributed by atoms with Gasteiger partial charge in [-0.3, -0.25) is 9.69 Å². The Balaban J connectivity index is 2.07. The van der Waals surface area contributed by atoms with Gasteiger partial charge in [-0.15, -0.1) is 0 Å². The Morgan fingerprint density at radius 2 is 1.67 bits per heavy atom. The molecule has 0 radical (unpaired) electrons. The molecule has 4 nitrogen and oxygen atoms in total. The highest BCUT2D eigenvalue weighted by Crippen LogP contribution is 2.33. The zero-order chi connectivity index (χ0) is 13.0. The molecule has 0 aliphatic heterocycles. The Morgan fingerprint density at radius 1 is 1.06 bits per heavy atom. The zero-order valence-electron chi connectivity index (χ0n) is 11.3. The van der Waals surface area contributed by atoms with Gasteiger partial charge < -0.3 is 11.5 Å². The molecule has 0 aromatic heterocycles. The predicted molar refractivity (Wildman–Crippen MR) is 73.0 cm³/mol. The Kier molecular flexibility index (Phi) is 5.01. The van der Waals surface area contributed by atoms with Crippen molar-refractivity contribution in [2.45, 2.75) is 63.5 Å². The van der Waals surface area contributed by atoms with Crippen molar-refractivity contribution >= 4 is 5.91 Å². The molecular formula is C14H27N3O. The van der Waals surface area contributed by atoms with Crippen LogP contribution in [-0.4, -0.2) is 36.0 Å². The van der Waals surface area contributed by atoms with Gasteiger partial charge in [0, 0.05) is 12.1 Å². The number of hydrogen-bond donors (Lipinski definition) is 2. The quantitative estimate of drug-likeness (QED) is 0.774. The number of nitrogens with zero attached hydrogens (tertiary/aromatic N) is 1. The lowest BCUT2D eigenvalue weighted by Gasteiger charge is -2.42. The number of hydrogen-bond acceptors (Lipinski definition) is 3. The molecule has 2 aliphatic carbocycles. The third kappa shape index (κ3) is 3.23. The molecule has 2 fully saturated rings. The Hall–Kier alpha value is -0.610. The lowest BCUT2D eigenvalue weighted by molar-refractivity contribution is -0.121. The average Bonchev–Trinajstić information content (AvgIpc) is 2.89. The second kappa shape index (κ2) is 6.53. The number of nitrogens with two attached hydrogens (primary N) is 2. The molecule has 2 saturated carbocycles. The topological polar surface area (TPSA) is 72.3 Å². The minimum atomic E-state index is -0.191. The molecule has 1 amide bonds. The number of rotatable bonds is 5. The lowest BCUT2D eigenvalue weighted by Crippen LogP contribution is -2.52. The first-order valence-corrected chi connectivity index (χ1v) is 7.46. The van der Waals surface area contributed by atoms with Gasteiger partial charge in [-0.1, -0.05) is 25.7 Å². The van der Waals surface area contributed by atoms with Gasteiger partial charge in [-0.25, -0.2) is 0 Å². The normalized spacial score (nSPS) is 29.9. The molecule has 0 aromatic rings. The maximum Gasteiger partial charge on any atom is 0.231 e. The van der Waals surface area contributed by atoms with E-state index >= 15 is 0 Å². The van der Waals surface area contributed by atoms with Crippen LogP contribution in [-0.2, 0) is 4.79 Å². The highest BCUT2D eigenvalue weighted by Gasteiger charge is 2.35. The fourth-order valence-corrected chi connectivity index (χ4v) is 3.83. The first-order chi connectivity index (χ1) is 8.72. The minimum absolute atomic E-state index is 0.191. The van der Waals surface area contributed by atoms with E-state index in [1.165, 1.54) is 51.4 Å². The number of primary amides is 1. The van der Waals surface area contributed by atoms with E-state index in [9.17, 15) is 4.79 Å². The van der Waals surface area contributed by atoms with E-state index in [1.807, 2.05) is 0 Å². The first kappa shape index (κ1) is 13.8. The predicted octanol–water partition coefficient (Wildman–Crippen LogP) is 1.23. The highest BCUT2D eigenvalue weighted by molar-refractivity contribution is 5.76. The van der Waals surface area contributed by atoms with Crippen molar-refractivity contribution in [1.82, 2.24) is 4.90 Å². The van der Waals surface area contributed by atoms with E-state index in [4.69, 9.17) is 11.5 Å². The van der Waals surface area contributed by atoms with Crippen LogP contribution in [0.1, 0.15) is 51.4 Å². The molecule has 4 N–H and O–H groups in total. The molecule has 0 spiro atoms. The maximum atomic E-state index is 11.4. The van der Waals surface area contributed by atoms with Gasteiger partial charge in [0.05, 0.1) is 6.54 Å². The number of carbonyl (C=O) groups is 1. The van der Waals surface area contributed by atoms with Gasteiger partial charge >= 0.3 is 0 Å². The highest BCUT2D eigenvalue weighted by atomic mass is 16.1. The van der Waals surface area contributed by atoms with E-state index in [1.54, 1.807) is 0 Å². The molecular weight excluding hydrogens is 226 g/mol. The van der Waals surface area contributed by atoms with Crippen molar-refractivity contribution in [3.8, 4) is 0 Å². The third-order valence-corrected chi connectivity index (χ3v) is 4.73. The second-order valence-corrected chi connectivity index (χ2v) is 5.92. The molecule has 0 heterocycles. The van der Waals surface area contributed by atoms with Gasteiger partial charge in [0.2, 0.25) is 5.91 Å². The van der Waals surface area contributed by atoms with Crippen molar-refractivity contribution in [1.29, 1.82) is 0 Å². The second-order valence-electron chi connectivity index (χ2n) is 5.92. The summed E-state index contributed by atoms with van der Waals surface area (Å²) in [7, 11) is 0. The first-order valence-electron chi connectivity index (χ1n) is 7.46. The fraction of sp³-hybridized carbons (Fsp3) is 0.929. The van der Waals surface area contributed by atoms with Crippen LogP contribution in [0.4, 0.5) is 0 Å². The number of carbonyl (C=O) groups excluding carboxylic acids is 1. The van der Waals surface area contributed by atoms with Crippen LogP contribution in [0, 0.1) is 5.92 Å². The summed E-state index contributed by atoms with van der Waals surface area (Å²) in [5.74, 6) is 0.363. The summed E-state index contributed by atoms with van der Waals surface area (Å²) in [5, 5.41) is 0. The molecule has 0 bridgehead atoms. The number of amides is 1. The summed E-state index contributed by atoms with van der Waals surface area (Å²) >= 11 is 0. The van der Waals surface area contributed by atoms with Crippen LogP contribution in [0.25, 0.3) is 0 Å². The van der Waals surface area contributed by atoms with E-state index in [-0.39, 0.29) is 5.91 Å².